The van der Waals surface area contributed by atoms with Crippen molar-refractivity contribution in [3.8, 4) is 0 Å². The molecule has 2 amide bonds. The lowest BCUT2D eigenvalue weighted by atomic mass is 9.95. The average molecular weight is 302 g/mol. The van der Waals surface area contributed by atoms with Crippen LogP contribution in [0.5, 0.6) is 0 Å². The first-order chi connectivity index (χ1) is 10.6. The van der Waals surface area contributed by atoms with E-state index in [1.165, 1.54) is 11.1 Å². The van der Waals surface area contributed by atoms with E-state index in [0.717, 1.165) is 6.42 Å². The lowest BCUT2D eigenvalue weighted by Crippen LogP contribution is -2.45. The summed E-state index contributed by atoms with van der Waals surface area (Å²) in [5.74, 6) is 0.0180. The molecule has 2 unspecified atom stereocenters. The van der Waals surface area contributed by atoms with Crippen LogP contribution in [0.3, 0.4) is 0 Å². The highest BCUT2D eigenvalue weighted by molar-refractivity contribution is 5.83. The number of nitrogens with zero attached hydrogens (tertiary/aromatic N) is 1. The third-order valence-corrected chi connectivity index (χ3v) is 4.52. The van der Waals surface area contributed by atoms with E-state index in [4.69, 9.17) is 4.74 Å². The maximum Gasteiger partial charge on any atom is 0.227 e. The summed E-state index contributed by atoms with van der Waals surface area (Å²) >= 11 is 0. The second-order valence-corrected chi connectivity index (χ2v) is 6.07. The van der Waals surface area contributed by atoms with Gasteiger partial charge in [0.15, 0.2) is 0 Å². The summed E-state index contributed by atoms with van der Waals surface area (Å²) in [6, 6.07) is 8.27. The van der Waals surface area contributed by atoms with E-state index in [9.17, 15) is 9.59 Å². The molecule has 0 aromatic heterocycles. The Balaban J connectivity index is 1.63. The number of nitrogens with one attached hydrogen (secondary N) is 1. The number of fused-ring (bicyclic) bond motifs is 1. The van der Waals surface area contributed by atoms with Crippen molar-refractivity contribution in [1.82, 2.24) is 10.2 Å². The minimum absolute atomic E-state index is 0.0382. The Kier molecular flexibility index (Phi) is 4.43. The number of rotatable bonds is 3. The number of carbonyl (C=O) groups is 2. The van der Waals surface area contributed by atoms with Gasteiger partial charge in [0.1, 0.15) is 6.10 Å². The Labute approximate surface area is 130 Å². The van der Waals surface area contributed by atoms with Gasteiger partial charge < -0.3 is 15.0 Å². The first-order valence-corrected chi connectivity index (χ1v) is 7.86. The van der Waals surface area contributed by atoms with Crippen LogP contribution in [0.15, 0.2) is 24.3 Å². The van der Waals surface area contributed by atoms with E-state index in [1.807, 2.05) is 19.2 Å². The summed E-state index contributed by atoms with van der Waals surface area (Å²) in [5.41, 5.74) is 2.50. The predicted molar refractivity (Wildman–Crippen MR) is 82.2 cm³/mol. The minimum atomic E-state index is -0.110. The van der Waals surface area contributed by atoms with Crippen molar-refractivity contribution in [2.24, 2.45) is 5.92 Å². The Bertz CT molecular complexity index is 563. The number of ether oxygens (including phenoxy) is 1. The predicted octanol–water partition coefficient (Wildman–Crippen LogP) is 1.28. The summed E-state index contributed by atoms with van der Waals surface area (Å²) in [7, 11) is 1.82. The fourth-order valence-corrected chi connectivity index (χ4v) is 3.22. The number of piperidine rings is 1. The first-order valence-electron chi connectivity index (χ1n) is 7.86. The molecule has 0 bridgehead atoms. The van der Waals surface area contributed by atoms with Crippen LogP contribution < -0.4 is 5.32 Å². The molecule has 5 heteroatoms. The highest BCUT2D eigenvalue weighted by Crippen LogP contribution is 2.28. The molecule has 5 nitrogen and oxygen atoms in total. The molecule has 1 fully saturated rings. The Morgan fingerprint density at radius 2 is 2.18 bits per heavy atom. The molecule has 2 aliphatic rings. The summed E-state index contributed by atoms with van der Waals surface area (Å²) in [4.78, 5) is 25.5. The van der Waals surface area contributed by atoms with Crippen molar-refractivity contribution in [3.63, 3.8) is 0 Å². The first kappa shape index (κ1) is 15.0. The number of carbonyl (C=O) groups excluding carboxylic acids is 2. The largest absolute Gasteiger partial charge is 0.371 e. The van der Waals surface area contributed by atoms with E-state index >= 15 is 0 Å². The summed E-state index contributed by atoms with van der Waals surface area (Å²) in [6.45, 7) is 1.70. The third-order valence-electron chi connectivity index (χ3n) is 4.52. The quantitative estimate of drug-likeness (QED) is 0.915. The molecule has 1 saturated heterocycles. The van der Waals surface area contributed by atoms with Crippen LogP contribution in [0.1, 0.15) is 30.1 Å². The molecule has 0 aliphatic carbocycles. The van der Waals surface area contributed by atoms with Crippen molar-refractivity contribution in [1.29, 1.82) is 0 Å². The average Bonchev–Trinajstić information content (AvgIpc) is 2.55. The van der Waals surface area contributed by atoms with E-state index in [1.54, 1.807) is 4.90 Å². The molecule has 118 valence electrons. The zero-order chi connectivity index (χ0) is 15.5. The van der Waals surface area contributed by atoms with Crippen LogP contribution in [0.4, 0.5) is 0 Å². The van der Waals surface area contributed by atoms with Gasteiger partial charge in [-0.2, -0.15) is 0 Å². The van der Waals surface area contributed by atoms with Gasteiger partial charge in [0.25, 0.3) is 0 Å². The Hall–Kier alpha value is -1.88. The van der Waals surface area contributed by atoms with Gasteiger partial charge in [-0.3, -0.25) is 9.59 Å². The van der Waals surface area contributed by atoms with Gasteiger partial charge in [0, 0.05) is 20.0 Å². The second-order valence-electron chi connectivity index (χ2n) is 6.07. The van der Waals surface area contributed by atoms with E-state index in [2.05, 4.69) is 17.4 Å². The van der Waals surface area contributed by atoms with Gasteiger partial charge >= 0.3 is 0 Å². The lowest BCUT2D eigenvalue weighted by molar-refractivity contribution is -0.138. The normalized spacial score (nSPS) is 24.3. The molecule has 1 aromatic rings. The van der Waals surface area contributed by atoms with Crippen LogP contribution >= 0.6 is 0 Å². The molecule has 22 heavy (non-hydrogen) atoms. The van der Waals surface area contributed by atoms with E-state index < -0.39 is 0 Å². The van der Waals surface area contributed by atoms with Gasteiger partial charge in [0.05, 0.1) is 19.1 Å². The van der Waals surface area contributed by atoms with Gasteiger partial charge in [-0.15, -0.1) is 0 Å². The highest BCUT2D eigenvalue weighted by atomic mass is 16.5. The molecule has 2 aliphatic heterocycles. The molecule has 0 radical (unpaired) electrons. The Morgan fingerprint density at radius 3 is 2.95 bits per heavy atom. The Morgan fingerprint density at radius 1 is 1.36 bits per heavy atom. The highest BCUT2D eigenvalue weighted by Gasteiger charge is 2.29. The molecule has 0 saturated carbocycles. The fraction of sp³-hybridized carbons (Fsp3) is 0.529. The minimum Gasteiger partial charge on any atom is -0.371 e. The van der Waals surface area contributed by atoms with Crippen molar-refractivity contribution in [3.05, 3.63) is 35.4 Å². The SMILES string of the molecule is CN(CC1OCCc2ccccc21)C(=O)C1CCC(=O)NC1. The molecule has 3 rings (SSSR count). The lowest BCUT2D eigenvalue weighted by Gasteiger charge is -2.32. The third kappa shape index (κ3) is 3.14. The molecule has 1 N–H and O–H groups in total. The maximum absolute atomic E-state index is 12.5. The smallest absolute Gasteiger partial charge is 0.227 e. The van der Waals surface area contributed by atoms with Crippen LogP contribution in [-0.4, -0.2) is 43.5 Å². The van der Waals surface area contributed by atoms with Gasteiger partial charge in [-0.1, -0.05) is 24.3 Å². The van der Waals surface area contributed by atoms with E-state index in [0.29, 0.717) is 32.5 Å². The summed E-state index contributed by atoms with van der Waals surface area (Å²) in [6.07, 6.45) is 1.94. The van der Waals surface area contributed by atoms with Crippen LogP contribution in [-0.2, 0) is 20.7 Å². The number of amides is 2. The molecule has 2 atom stereocenters. The van der Waals surface area contributed by atoms with Crippen molar-refractivity contribution >= 4 is 11.8 Å². The molecule has 2 heterocycles. The van der Waals surface area contributed by atoms with E-state index in [-0.39, 0.29) is 23.8 Å². The number of likely N-dealkylation sites (N-methyl/N-ethyl adjacent to an activating group) is 1. The maximum atomic E-state index is 12.5. The van der Waals surface area contributed by atoms with Gasteiger partial charge in [-0.25, -0.2) is 0 Å². The zero-order valence-corrected chi connectivity index (χ0v) is 12.9. The molecule has 1 aromatic carbocycles. The van der Waals surface area contributed by atoms with Crippen molar-refractivity contribution < 1.29 is 14.3 Å². The number of hydrogen-bond acceptors (Lipinski definition) is 3. The van der Waals surface area contributed by atoms with Crippen LogP contribution in [0.25, 0.3) is 0 Å². The van der Waals surface area contributed by atoms with Crippen molar-refractivity contribution in [2.45, 2.75) is 25.4 Å². The van der Waals surface area contributed by atoms with Gasteiger partial charge in [-0.05, 0) is 24.0 Å². The standard InChI is InChI=1S/C17H22N2O3/c1-19(17(21)13-6-7-16(20)18-10-13)11-15-14-5-3-2-4-12(14)8-9-22-15/h2-5,13,15H,6-11H2,1H3,(H,18,20). The van der Waals surface area contributed by atoms with Gasteiger partial charge in [0.2, 0.25) is 11.8 Å². The number of hydrogen-bond donors (Lipinski definition) is 1. The summed E-state index contributed by atoms with van der Waals surface area (Å²) < 4.78 is 5.87. The summed E-state index contributed by atoms with van der Waals surface area (Å²) in [5, 5.41) is 2.77. The van der Waals surface area contributed by atoms with Crippen molar-refractivity contribution in [2.75, 3.05) is 26.7 Å². The molecular weight excluding hydrogens is 280 g/mol. The molecular formula is C17H22N2O3. The van der Waals surface area contributed by atoms with Crippen LogP contribution in [0.2, 0.25) is 0 Å². The number of benzene rings is 1. The fourth-order valence-electron chi connectivity index (χ4n) is 3.22. The van der Waals surface area contributed by atoms with Crippen LogP contribution in [0, 0.1) is 5.92 Å². The zero-order valence-electron chi connectivity index (χ0n) is 12.9. The molecule has 0 spiro atoms. The monoisotopic (exact) mass is 302 g/mol. The second kappa shape index (κ2) is 6.48. The topological polar surface area (TPSA) is 58.6 Å².